The van der Waals surface area contributed by atoms with E-state index in [4.69, 9.17) is 35.3 Å². The Morgan fingerprint density at radius 1 is 0.773 bits per heavy atom. The lowest BCUT2D eigenvalue weighted by Crippen LogP contribution is -2.56. The number of carbonyl (C=O) groups is 1. The highest BCUT2D eigenvalue weighted by Gasteiger charge is 2.48. The topological polar surface area (TPSA) is 63.2 Å². The fraction of sp³-hybridized carbons (Fsp3) is 0.324. The first kappa shape index (κ1) is 31.7. The fourth-order valence-electron chi connectivity index (χ4n) is 5.55. The van der Waals surface area contributed by atoms with Crippen molar-refractivity contribution in [2.75, 3.05) is 6.61 Å². The summed E-state index contributed by atoms with van der Waals surface area (Å²) in [5.41, 5.74) is 4.93. The number of carbonyl (C=O) groups excluding carboxylic acids is 1. The zero-order valence-corrected chi connectivity index (χ0v) is 26.1. The minimum Gasteiger partial charge on any atom is -0.494 e. The van der Waals surface area contributed by atoms with Gasteiger partial charge in [0.15, 0.2) is 6.10 Å². The van der Waals surface area contributed by atoms with E-state index in [1.165, 1.54) is 6.92 Å². The molecule has 1 fully saturated rings. The van der Waals surface area contributed by atoms with E-state index in [-0.39, 0.29) is 6.10 Å². The molecule has 0 saturated carbocycles. The molecule has 0 aliphatic carbocycles. The lowest BCUT2D eigenvalue weighted by atomic mass is 9.89. The van der Waals surface area contributed by atoms with E-state index < -0.39 is 30.4 Å². The predicted octanol–water partition coefficient (Wildman–Crippen LogP) is 7.89. The highest BCUT2D eigenvalue weighted by molar-refractivity contribution is 6.31. The molecule has 4 aromatic rings. The van der Waals surface area contributed by atoms with Gasteiger partial charge in [-0.2, -0.15) is 0 Å². The number of hydrogen-bond acceptors (Lipinski definition) is 6. The first-order valence-corrected chi connectivity index (χ1v) is 15.4. The minimum absolute atomic E-state index is 0.331. The number of halogens is 1. The van der Waals surface area contributed by atoms with Crippen molar-refractivity contribution < 1.29 is 28.5 Å². The van der Waals surface area contributed by atoms with E-state index in [1.54, 1.807) is 0 Å². The molecule has 1 heterocycles. The molecule has 1 saturated heterocycles. The van der Waals surface area contributed by atoms with Crippen LogP contribution < -0.4 is 4.74 Å². The van der Waals surface area contributed by atoms with E-state index in [0.29, 0.717) is 31.3 Å². The Morgan fingerprint density at radius 2 is 1.39 bits per heavy atom. The first-order valence-electron chi connectivity index (χ1n) is 15.0. The van der Waals surface area contributed by atoms with Crippen molar-refractivity contribution in [2.24, 2.45) is 0 Å². The Labute approximate surface area is 264 Å². The smallest absolute Gasteiger partial charge is 0.303 e. The standard InChI is InChI=1S/C37H39ClO6/c1-4-40-32-18-15-27(16-19-32)21-31-22-30(17-20-33(31)38)35-37(44-26(3)39)36(42-24-29-13-9-6-10-14-29)34(25(2)43-35)41-23-28-11-7-5-8-12-28/h5-20,22,25,34-37H,4,21,23-24H2,1-3H3. The molecule has 7 heteroatoms. The van der Waals surface area contributed by atoms with Gasteiger partial charge in [-0.05, 0) is 66.3 Å². The molecule has 1 aliphatic rings. The Hall–Kier alpha value is -3.68. The Morgan fingerprint density at radius 3 is 1.98 bits per heavy atom. The summed E-state index contributed by atoms with van der Waals surface area (Å²) in [7, 11) is 0. The van der Waals surface area contributed by atoms with Crippen molar-refractivity contribution >= 4 is 17.6 Å². The van der Waals surface area contributed by atoms with Crippen LogP contribution in [0, 0.1) is 0 Å². The molecule has 0 N–H and O–H groups in total. The third-order valence-corrected chi connectivity index (χ3v) is 8.04. The molecule has 0 radical (unpaired) electrons. The Bertz CT molecular complexity index is 1480. The number of hydrogen-bond donors (Lipinski definition) is 0. The molecule has 230 valence electrons. The van der Waals surface area contributed by atoms with Gasteiger partial charge < -0.3 is 23.7 Å². The average molecular weight is 615 g/mol. The van der Waals surface area contributed by atoms with Crippen molar-refractivity contribution in [1.82, 2.24) is 0 Å². The lowest BCUT2D eigenvalue weighted by Gasteiger charge is -2.45. The Kier molecular flexibility index (Phi) is 11.1. The summed E-state index contributed by atoms with van der Waals surface area (Å²) in [6.45, 7) is 6.66. The van der Waals surface area contributed by atoms with E-state index in [0.717, 1.165) is 33.6 Å². The third-order valence-electron chi connectivity index (χ3n) is 7.67. The van der Waals surface area contributed by atoms with Crippen LogP contribution >= 0.6 is 11.6 Å². The summed E-state index contributed by atoms with van der Waals surface area (Å²) < 4.78 is 31.2. The van der Waals surface area contributed by atoms with Crippen LogP contribution in [-0.2, 0) is 43.4 Å². The largest absolute Gasteiger partial charge is 0.494 e. The normalized spacial score (nSPS) is 21.5. The average Bonchev–Trinajstić information content (AvgIpc) is 3.03. The van der Waals surface area contributed by atoms with Gasteiger partial charge in [-0.3, -0.25) is 4.79 Å². The number of ether oxygens (including phenoxy) is 5. The van der Waals surface area contributed by atoms with Gasteiger partial charge in [0.25, 0.3) is 0 Å². The maximum absolute atomic E-state index is 12.5. The zero-order valence-electron chi connectivity index (χ0n) is 25.4. The first-order chi connectivity index (χ1) is 21.4. The van der Waals surface area contributed by atoms with Gasteiger partial charge in [-0.15, -0.1) is 0 Å². The van der Waals surface area contributed by atoms with Gasteiger partial charge in [0, 0.05) is 11.9 Å². The van der Waals surface area contributed by atoms with Crippen LogP contribution in [0.25, 0.3) is 0 Å². The summed E-state index contributed by atoms with van der Waals surface area (Å²) in [6.07, 6.45) is -2.18. The molecule has 0 aromatic heterocycles. The molecule has 0 spiro atoms. The summed E-state index contributed by atoms with van der Waals surface area (Å²) in [5, 5.41) is 0.650. The van der Waals surface area contributed by atoms with Crippen molar-refractivity contribution in [2.45, 2.75) is 70.9 Å². The molecule has 5 rings (SSSR count). The van der Waals surface area contributed by atoms with Crippen LogP contribution in [0.5, 0.6) is 5.75 Å². The quantitative estimate of drug-likeness (QED) is 0.151. The second-order valence-corrected chi connectivity index (χ2v) is 11.4. The number of esters is 1. The molecule has 5 atom stereocenters. The molecular formula is C37H39ClO6. The highest BCUT2D eigenvalue weighted by Crippen LogP contribution is 2.39. The predicted molar refractivity (Wildman–Crippen MR) is 171 cm³/mol. The van der Waals surface area contributed by atoms with Gasteiger partial charge in [-0.25, -0.2) is 0 Å². The second kappa shape index (κ2) is 15.4. The van der Waals surface area contributed by atoms with Crippen molar-refractivity contribution in [1.29, 1.82) is 0 Å². The molecule has 5 unspecified atom stereocenters. The molecule has 6 nitrogen and oxygen atoms in total. The van der Waals surface area contributed by atoms with Crippen LogP contribution in [0.2, 0.25) is 5.02 Å². The van der Waals surface area contributed by atoms with Gasteiger partial charge in [0.1, 0.15) is 24.1 Å². The van der Waals surface area contributed by atoms with E-state index in [2.05, 4.69) is 0 Å². The molecule has 0 amide bonds. The van der Waals surface area contributed by atoms with Crippen LogP contribution in [0.1, 0.15) is 54.7 Å². The highest BCUT2D eigenvalue weighted by atomic mass is 35.5. The molecule has 0 bridgehead atoms. The van der Waals surface area contributed by atoms with E-state index in [9.17, 15) is 4.79 Å². The van der Waals surface area contributed by atoms with E-state index in [1.807, 2.05) is 117 Å². The minimum atomic E-state index is -0.757. The van der Waals surface area contributed by atoms with Crippen molar-refractivity contribution in [3.05, 3.63) is 136 Å². The van der Waals surface area contributed by atoms with Crippen LogP contribution in [-0.4, -0.2) is 37.0 Å². The zero-order chi connectivity index (χ0) is 30.9. The molecule has 4 aromatic carbocycles. The Balaban J connectivity index is 1.44. The van der Waals surface area contributed by atoms with Crippen molar-refractivity contribution in [3.8, 4) is 5.75 Å². The van der Waals surface area contributed by atoms with Gasteiger partial charge >= 0.3 is 5.97 Å². The summed E-state index contributed by atoms with van der Waals surface area (Å²) in [6, 6.07) is 33.7. The summed E-state index contributed by atoms with van der Waals surface area (Å²) in [5.74, 6) is 0.410. The fourth-order valence-corrected chi connectivity index (χ4v) is 5.74. The lowest BCUT2D eigenvalue weighted by molar-refractivity contribution is -0.257. The van der Waals surface area contributed by atoms with Crippen LogP contribution in [0.3, 0.4) is 0 Å². The second-order valence-electron chi connectivity index (χ2n) is 11.0. The maximum Gasteiger partial charge on any atom is 0.303 e. The summed E-state index contributed by atoms with van der Waals surface area (Å²) >= 11 is 6.69. The monoisotopic (exact) mass is 614 g/mol. The van der Waals surface area contributed by atoms with Crippen LogP contribution in [0.4, 0.5) is 0 Å². The van der Waals surface area contributed by atoms with Gasteiger partial charge in [-0.1, -0.05) is 96.5 Å². The van der Waals surface area contributed by atoms with Crippen molar-refractivity contribution in [3.63, 3.8) is 0 Å². The van der Waals surface area contributed by atoms with Crippen LogP contribution in [0.15, 0.2) is 103 Å². The van der Waals surface area contributed by atoms with E-state index >= 15 is 0 Å². The maximum atomic E-state index is 12.5. The summed E-state index contributed by atoms with van der Waals surface area (Å²) in [4.78, 5) is 12.5. The third kappa shape index (κ3) is 8.27. The van der Waals surface area contributed by atoms with Gasteiger partial charge in [0.05, 0.1) is 25.9 Å². The SMILES string of the molecule is CCOc1ccc(Cc2cc(C3OC(C)C(OCc4ccccc4)C(OCc4ccccc4)C3OC(C)=O)ccc2Cl)cc1. The number of benzene rings is 4. The molecular weight excluding hydrogens is 576 g/mol. The van der Waals surface area contributed by atoms with Gasteiger partial charge in [0.2, 0.25) is 0 Å². The number of rotatable bonds is 12. The molecule has 1 aliphatic heterocycles. The molecule has 44 heavy (non-hydrogen) atoms.